The van der Waals surface area contributed by atoms with Crippen molar-refractivity contribution < 1.29 is 0 Å². The number of anilines is 1. The highest BCUT2D eigenvalue weighted by Crippen LogP contribution is 2.18. The Kier molecular flexibility index (Phi) is 5.94. The maximum absolute atomic E-state index is 4.72. The van der Waals surface area contributed by atoms with Crippen LogP contribution in [0.2, 0.25) is 0 Å². The summed E-state index contributed by atoms with van der Waals surface area (Å²) >= 11 is 0. The maximum atomic E-state index is 4.72. The molecule has 1 saturated heterocycles. The molecule has 2 aromatic heterocycles. The first-order valence-electron chi connectivity index (χ1n) is 9.10. The van der Waals surface area contributed by atoms with E-state index in [9.17, 15) is 0 Å². The van der Waals surface area contributed by atoms with Crippen molar-refractivity contribution in [2.24, 2.45) is 0 Å². The Morgan fingerprint density at radius 1 is 1.12 bits per heavy atom. The molecule has 1 aliphatic rings. The van der Waals surface area contributed by atoms with Crippen LogP contribution in [0.1, 0.15) is 19.5 Å². The van der Waals surface area contributed by atoms with E-state index in [1.54, 1.807) is 12.4 Å². The molecule has 3 rings (SSSR count). The molecular weight excluding hydrogens is 312 g/mol. The first-order valence-corrected chi connectivity index (χ1v) is 9.10. The summed E-state index contributed by atoms with van der Waals surface area (Å²) in [5.41, 5.74) is 2.05. The highest BCUT2D eigenvalue weighted by molar-refractivity contribution is 5.56. The smallest absolute Gasteiger partial charge is 0.161 e. The molecule has 0 amide bonds. The van der Waals surface area contributed by atoms with Crippen molar-refractivity contribution >= 4 is 5.82 Å². The lowest BCUT2D eigenvalue weighted by atomic mass is 10.2. The van der Waals surface area contributed by atoms with Gasteiger partial charge in [0.2, 0.25) is 0 Å². The van der Waals surface area contributed by atoms with Crippen molar-refractivity contribution in [2.75, 3.05) is 45.1 Å². The van der Waals surface area contributed by atoms with Crippen molar-refractivity contribution in [2.45, 2.75) is 26.3 Å². The quantitative estimate of drug-likeness (QED) is 0.869. The lowest BCUT2D eigenvalue weighted by molar-refractivity contribution is 0.151. The Morgan fingerprint density at radius 2 is 1.84 bits per heavy atom. The highest BCUT2D eigenvalue weighted by atomic mass is 15.3. The number of piperazine rings is 1. The Labute approximate surface area is 150 Å². The average molecular weight is 340 g/mol. The summed E-state index contributed by atoms with van der Waals surface area (Å²) in [5.74, 6) is 1.66. The van der Waals surface area contributed by atoms with Crippen molar-refractivity contribution in [1.82, 2.24) is 24.8 Å². The molecule has 134 valence electrons. The van der Waals surface area contributed by atoms with Gasteiger partial charge in [-0.3, -0.25) is 9.88 Å². The number of rotatable bonds is 6. The van der Waals surface area contributed by atoms with E-state index in [4.69, 9.17) is 4.98 Å². The Morgan fingerprint density at radius 3 is 2.52 bits per heavy atom. The van der Waals surface area contributed by atoms with Gasteiger partial charge in [-0.05, 0) is 32.5 Å². The maximum Gasteiger partial charge on any atom is 0.161 e. The third-order valence-electron chi connectivity index (χ3n) is 4.60. The lowest BCUT2D eigenvalue weighted by Crippen LogP contribution is -2.47. The van der Waals surface area contributed by atoms with Gasteiger partial charge in [0.15, 0.2) is 5.82 Å². The molecule has 0 spiro atoms. The molecule has 6 nitrogen and oxygen atoms in total. The van der Waals surface area contributed by atoms with Crippen LogP contribution in [0.15, 0.2) is 30.6 Å². The van der Waals surface area contributed by atoms with Crippen LogP contribution in [-0.4, -0.2) is 70.6 Å². The highest BCUT2D eigenvalue weighted by Gasteiger charge is 2.16. The summed E-state index contributed by atoms with van der Waals surface area (Å²) in [5, 5.41) is 3.56. The monoisotopic (exact) mass is 340 g/mol. The van der Waals surface area contributed by atoms with Crippen LogP contribution >= 0.6 is 0 Å². The third kappa shape index (κ3) is 4.96. The second kappa shape index (κ2) is 8.36. The molecule has 0 aromatic carbocycles. The fourth-order valence-electron chi connectivity index (χ4n) is 3.10. The first kappa shape index (κ1) is 17.8. The molecule has 0 bridgehead atoms. The molecule has 0 radical (unpaired) electrons. The van der Waals surface area contributed by atoms with Crippen LogP contribution in [0.5, 0.6) is 0 Å². The minimum atomic E-state index is 0.341. The predicted octanol–water partition coefficient (Wildman–Crippen LogP) is 2.15. The molecule has 0 aliphatic carbocycles. The second-order valence-electron chi connectivity index (χ2n) is 6.81. The third-order valence-corrected chi connectivity index (χ3v) is 4.60. The molecular formula is C19H28N6. The van der Waals surface area contributed by atoms with E-state index in [0.717, 1.165) is 62.0 Å². The van der Waals surface area contributed by atoms with Crippen molar-refractivity contribution in [3.63, 3.8) is 0 Å². The van der Waals surface area contributed by atoms with E-state index in [-0.39, 0.29) is 0 Å². The summed E-state index contributed by atoms with van der Waals surface area (Å²) in [7, 11) is 2.19. The zero-order valence-corrected chi connectivity index (χ0v) is 15.4. The van der Waals surface area contributed by atoms with E-state index in [2.05, 4.69) is 52.0 Å². The van der Waals surface area contributed by atoms with Gasteiger partial charge in [0.1, 0.15) is 5.82 Å². The Hall–Kier alpha value is -2.05. The van der Waals surface area contributed by atoms with Crippen LogP contribution in [0.4, 0.5) is 5.82 Å². The van der Waals surface area contributed by atoms with Gasteiger partial charge in [-0.25, -0.2) is 9.97 Å². The SMILES string of the molecule is CCc1cc(NC(C)CN2CCN(C)CC2)nc(-c2ccncc2)n1. The summed E-state index contributed by atoms with van der Waals surface area (Å²) in [4.78, 5) is 18.4. The van der Waals surface area contributed by atoms with Gasteiger partial charge in [-0.1, -0.05) is 6.92 Å². The van der Waals surface area contributed by atoms with Crippen molar-refractivity contribution in [1.29, 1.82) is 0 Å². The number of nitrogens with one attached hydrogen (secondary N) is 1. The number of pyridine rings is 1. The molecule has 1 aliphatic heterocycles. The molecule has 3 heterocycles. The lowest BCUT2D eigenvalue weighted by Gasteiger charge is -2.34. The molecule has 0 saturated carbocycles. The molecule has 1 atom stereocenters. The zero-order valence-electron chi connectivity index (χ0n) is 15.4. The fourth-order valence-corrected chi connectivity index (χ4v) is 3.10. The zero-order chi connectivity index (χ0) is 17.6. The first-order chi connectivity index (χ1) is 12.1. The van der Waals surface area contributed by atoms with E-state index in [1.807, 2.05) is 12.1 Å². The molecule has 1 N–H and O–H groups in total. The normalized spacial score (nSPS) is 17.4. The summed E-state index contributed by atoms with van der Waals surface area (Å²) in [6.45, 7) is 9.93. The number of likely N-dealkylation sites (N-methyl/N-ethyl adjacent to an activating group) is 1. The van der Waals surface area contributed by atoms with E-state index < -0.39 is 0 Å². The standard InChI is InChI=1S/C19H28N6/c1-4-17-13-18(23-19(22-17)16-5-7-20-8-6-16)21-15(2)14-25-11-9-24(3)10-12-25/h5-8,13,15H,4,9-12,14H2,1-3H3,(H,21,22,23). The number of nitrogens with zero attached hydrogens (tertiary/aromatic N) is 5. The van der Waals surface area contributed by atoms with E-state index in [1.165, 1.54) is 0 Å². The van der Waals surface area contributed by atoms with Crippen LogP contribution in [0, 0.1) is 0 Å². The van der Waals surface area contributed by atoms with Crippen LogP contribution in [0.3, 0.4) is 0 Å². The van der Waals surface area contributed by atoms with Crippen molar-refractivity contribution in [3.05, 3.63) is 36.3 Å². The minimum Gasteiger partial charge on any atom is -0.366 e. The van der Waals surface area contributed by atoms with E-state index >= 15 is 0 Å². The van der Waals surface area contributed by atoms with Gasteiger partial charge in [0, 0.05) is 68.5 Å². The topological polar surface area (TPSA) is 57.2 Å². The van der Waals surface area contributed by atoms with Gasteiger partial charge in [-0.15, -0.1) is 0 Å². The molecule has 1 fully saturated rings. The Bertz CT molecular complexity index is 667. The van der Waals surface area contributed by atoms with Gasteiger partial charge in [-0.2, -0.15) is 0 Å². The van der Waals surface area contributed by atoms with Crippen LogP contribution in [-0.2, 0) is 6.42 Å². The average Bonchev–Trinajstić information content (AvgIpc) is 2.64. The van der Waals surface area contributed by atoms with Gasteiger partial charge in [0.25, 0.3) is 0 Å². The van der Waals surface area contributed by atoms with Crippen LogP contribution < -0.4 is 5.32 Å². The molecule has 25 heavy (non-hydrogen) atoms. The van der Waals surface area contributed by atoms with Gasteiger partial charge in [0.05, 0.1) is 0 Å². The molecule has 2 aromatic rings. The summed E-state index contributed by atoms with van der Waals surface area (Å²) < 4.78 is 0. The number of aromatic nitrogens is 3. The number of hydrogen-bond donors (Lipinski definition) is 1. The second-order valence-corrected chi connectivity index (χ2v) is 6.81. The molecule has 6 heteroatoms. The summed E-state index contributed by atoms with van der Waals surface area (Å²) in [6, 6.07) is 6.30. The largest absolute Gasteiger partial charge is 0.366 e. The van der Waals surface area contributed by atoms with Gasteiger partial charge < -0.3 is 10.2 Å². The van der Waals surface area contributed by atoms with Crippen molar-refractivity contribution in [3.8, 4) is 11.4 Å². The predicted molar refractivity (Wildman–Crippen MR) is 102 cm³/mol. The van der Waals surface area contributed by atoms with Gasteiger partial charge >= 0.3 is 0 Å². The molecule has 1 unspecified atom stereocenters. The Balaban J connectivity index is 1.69. The number of aryl methyl sites for hydroxylation is 1. The van der Waals surface area contributed by atoms with E-state index in [0.29, 0.717) is 6.04 Å². The number of hydrogen-bond acceptors (Lipinski definition) is 6. The minimum absolute atomic E-state index is 0.341. The fraction of sp³-hybridized carbons (Fsp3) is 0.526. The summed E-state index contributed by atoms with van der Waals surface area (Å²) in [6.07, 6.45) is 4.45. The van der Waals surface area contributed by atoms with Crippen LogP contribution in [0.25, 0.3) is 11.4 Å².